The molecule has 4 heterocycles. The number of pyridine rings is 2. The van der Waals surface area contributed by atoms with E-state index >= 15 is 0 Å². The molecule has 226 valence electrons. The molecule has 0 saturated carbocycles. The highest BCUT2D eigenvalue weighted by molar-refractivity contribution is 5.88. The van der Waals surface area contributed by atoms with Crippen molar-refractivity contribution >= 4 is 21.8 Å². The molecule has 0 atom stereocenters. The van der Waals surface area contributed by atoms with Crippen LogP contribution in [0.5, 0.6) is 0 Å². The Morgan fingerprint density at radius 3 is 1.17 bits per heavy atom. The smallest absolute Gasteiger partial charge is 0.249 e. The zero-order valence-corrected chi connectivity index (χ0v) is 25.4. The van der Waals surface area contributed by atoms with E-state index in [2.05, 4.69) is 78.9 Å². The summed E-state index contributed by atoms with van der Waals surface area (Å²) < 4.78 is 12.3. The molecule has 4 aromatic heterocycles. The predicted octanol–water partition coefficient (Wildman–Crippen LogP) is 9.55. The molecule has 0 saturated heterocycles. The van der Waals surface area contributed by atoms with Crippen molar-refractivity contribution in [3.63, 3.8) is 0 Å². The van der Waals surface area contributed by atoms with E-state index in [0.717, 1.165) is 66.3 Å². The maximum absolute atomic E-state index is 6.13. The van der Waals surface area contributed by atoms with Gasteiger partial charge in [-0.2, -0.15) is 0 Å². The molecule has 0 aliphatic heterocycles. The minimum absolute atomic E-state index is 0.373. The second kappa shape index (κ2) is 11.5. The Kier molecular flexibility index (Phi) is 6.61. The molecule has 0 aliphatic rings. The van der Waals surface area contributed by atoms with Crippen molar-refractivity contribution in [3.8, 4) is 68.1 Å². The maximum atomic E-state index is 6.13. The van der Waals surface area contributed by atoms with E-state index < -0.39 is 0 Å². The summed E-state index contributed by atoms with van der Waals surface area (Å²) in [5.41, 5.74) is 9.23. The molecule has 0 spiro atoms. The SMILES string of the molecule is c1ccc(-c2ccc3ncc(-c4nnc(-c5cccc(-c6nnc(-c7cnc8ccc(-c9ccccc9)cc8c7)o6)c5)o4)cc3c2)cc1. The molecule has 0 unspecified atom stereocenters. The summed E-state index contributed by atoms with van der Waals surface area (Å²) >= 11 is 0. The third-order valence-electron chi connectivity index (χ3n) is 8.28. The predicted molar refractivity (Wildman–Crippen MR) is 185 cm³/mol. The average molecular weight is 621 g/mol. The zero-order valence-electron chi connectivity index (χ0n) is 25.4. The monoisotopic (exact) mass is 620 g/mol. The van der Waals surface area contributed by atoms with Gasteiger partial charge in [-0.15, -0.1) is 20.4 Å². The van der Waals surface area contributed by atoms with Crippen molar-refractivity contribution in [1.29, 1.82) is 0 Å². The van der Waals surface area contributed by atoms with Gasteiger partial charge >= 0.3 is 0 Å². The minimum Gasteiger partial charge on any atom is -0.416 e. The lowest BCUT2D eigenvalue weighted by molar-refractivity contribution is 0.582. The van der Waals surface area contributed by atoms with Crippen LogP contribution in [0.25, 0.3) is 89.9 Å². The highest BCUT2D eigenvalue weighted by Gasteiger charge is 2.16. The van der Waals surface area contributed by atoms with Gasteiger partial charge in [0.1, 0.15) is 0 Å². The molecule has 9 rings (SSSR count). The van der Waals surface area contributed by atoms with Crippen LogP contribution in [0.15, 0.2) is 155 Å². The Bertz CT molecular complexity index is 2400. The van der Waals surface area contributed by atoms with Gasteiger partial charge in [-0.25, -0.2) is 0 Å². The molecule has 0 N–H and O–H groups in total. The number of hydrogen-bond acceptors (Lipinski definition) is 8. The first-order valence-electron chi connectivity index (χ1n) is 15.4. The summed E-state index contributed by atoms with van der Waals surface area (Å²) in [6.07, 6.45) is 3.50. The number of rotatable bonds is 6. The van der Waals surface area contributed by atoms with Crippen LogP contribution in [-0.4, -0.2) is 30.4 Å². The summed E-state index contributed by atoms with van der Waals surface area (Å²) in [6, 6.07) is 44.6. The van der Waals surface area contributed by atoms with Gasteiger partial charge in [-0.05, 0) is 76.9 Å². The average Bonchev–Trinajstić information content (AvgIpc) is 3.87. The van der Waals surface area contributed by atoms with Gasteiger partial charge in [0.2, 0.25) is 23.6 Å². The third-order valence-corrected chi connectivity index (χ3v) is 8.28. The Hall–Kier alpha value is -6.80. The Labute approximate surface area is 274 Å². The zero-order chi connectivity index (χ0) is 31.9. The molecule has 5 aromatic carbocycles. The van der Waals surface area contributed by atoms with E-state index in [0.29, 0.717) is 23.6 Å². The van der Waals surface area contributed by atoms with E-state index in [4.69, 9.17) is 8.83 Å². The van der Waals surface area contributed by atoms with Gasteiger partial charge in [-0.3, -0.25) is 9.97 Å². The van der Waals surface area contributed by atoms with Crippen molar-refractivity contribution in [2.75, 3.05) is 0 Å². The fourth-order valence-corrected chi connectivity index (χ4v) is 5.82. The van der Waals surface area contributed by atoms with E-state index in [9.17, 15) is 0 Å². The lowest BCUT2D eigenvalue weighted by Gasteiger charge is -2.05. The fraction of sp³-hybridized carbons (Fsp3) is 0. The summed E-state index contributed by atoms with van der Waals surface area (Å²) in [5, 5.41) is 19.3. The number of aromatic nitrogens is 6. The van der Waals surface area contributed by atoms with E-state index in [1.807, 2.05) is 84.9 Å². The topological polar surface area (TPSA) is 104 Å². The molecule has 0 bridgehead atoms. The maximum Gasteiger partial charge on any atom is 0.249 e. The lowest BCUT2D eigenvalue weighted by atomic mass is 10.0. The highest BCUT2D eigenvalue weighted by Crippen LogP contribution is 2.32. The fourth-order valence-electron chi connectivity index (χ4n) is 5.82. The van der Waals surface area contributed by atoms with Gasteiger partial charge in [0.15, 0.2) is 0 Å². The van der Waals surface area contributed by atoms with Gasteiger partial charge in [0, 0.05) is 34.3 Å². The standard InChI is InChI=1S/C40H24N6O2/c1-3-8-25(9-4-1)27-14-16-35-31(18-27)21-33(23-41-35)39-45-43-37(47-39)29-12-7-13-30(20-29)38-44-46-40(48-38)34-22-32-19-28(15-17-36(32)42-24-34)26-10-5-2-6-11-26/h1-24H. The normalized spacial score (nSPS) is 11.3. The quantitative estimate of drug-likeness (QED) is 0.181. The van der Waals surface area contributed by atoms with E-state index in [1.54, 1.807) is 12.4 Å². The first-order chi connectivity index (χ1) is 23.7. The minimum atomic E-state index is 0.373. The van der Waals surface area contributed by atoms with Crippen molar-refractivity contribution in [2.45, 2.75) is 0 Å². The molecule has 0 radical (unpaired) electrons. The lowest BCUT2D eigenvalue weighted by Crippen LogP contribution is -1.85. The summed E-state index contributed by atoms with van der Waals surface area (Å²) in [4.78, 5) is 9.26. The van der Waals surface area contributed by atoms with Crippen molar-refractivity contribution in [3.05, 3.63) is 146 Å². The summed E-state index contributed by atoms with van der Waals surface area (Å²) in [6.45, 7) is 0. The largest absolute Gasteiger partial charge is 0.416 e. The number of nitrogens with zero attached hydrogens (tertiary/aromatic N) is 6. The molecule has 8 heteroatoms. The van der Waals surface area contributed by atoms with Crippen LogP contribution >= 0.6 is 0 Å². The molecule has 48 heavy (non-hydrogen) atoms. The van der Waals surface area contributed by atoms with E-state index in [-0.39, 0.29) is 0 Å². The van der Waals surface area contributed by atoms with Crippen molar-refractivity contribution < 1.29 is 8.83 Å². The molecule has 0 fully saturated rings. The number of benzene rings is 5. The van der Waals surface area contributed by atoms with Crippen LogP contribution in [0, 0.1) is 0 Å². The molecule has 0 aliphatic carbocycles. The van der Waals surface area contributed by atoms with Crippen molar-refractivity contribution in [1.82, 2.24) is 30.4 Å². The van der Waals surface area contributed by atoms with Crippen LogP contribution in [0.4, 0.5) is 0 Å². The first kappa shape index (κ1) is 27.5. The molecular formula is C40H24N6O2. The Morgan fingerprint density at radius 1 is 0.312 bits per heavy atom. The molecular weight excluding hydrogens is 596 g/mol. The third kappa shape index (κ3) is 5.17. The Morgan fingerprint density at radius 2 is 0.708 bits per heavy atom. The highest BCUT2D eigenvalue weighted by atomic mass is 16.4. The van der Waals surface area contributed by atoms with Gasteiger partial charge in [0.05, 0.1) is 22.2 Å². The van der Waals surface area contributed by atoms with Crippen LogP contribution in [-0.2, 0) is 0 Å². The Balaban J connectivity index is 0.986. The van der Waals surface area contributed by atoms with Crippen LogP contribution in [0.2, 0.25) is 0 Å². The molecule has 8 nitrogen and oxygen atoms in total. The van der Waals surface area contributed by atoms with Crippen molar-refractivity contribution in [2.24, 2.45) is 0 Å². The summed E-state index contributed by atoms with van der Waals surface area (Å²) in [7, 11) is 0. The van der Waals surface area contributed by atoms with E-state index in [1.165, 1.54) is 0 Å². The van der Waals surface area contributed by atoms with Gasteiger partial charge < -0.3 is 8.83 Å². The van der Waals surface area contributed by atoms with Gasteiger partial charge in [-0.1, -0.05) is 78.9 Å². The van der Waals surface area contributed by atoms with Crippen LogP contribution in [0.1, 0.15) is 0 Å². The second-order valence-corrected chi connectivity index (χ2v) is 11.4. The molecule has 9 aromatic rings. The summed E-state index contributed by atoms with van der Waals surface area (Å²) in [5.74, 6) is 1.51. The van der Waals surface area contributed by atoms with Crippen LogP contribution in [0.3, 0.4) is 0 Å². The van der Waals surface area contributed by atoms with Crippen LogP contribution < -0.4 is 0 Å². The number of fused-ring (bicyclic) bond motifs is 2. The second-order valence-electron chi connectivity index (χ2n) is 11.4. The first-order valence-corrected chi connectivity index (χ1v) is 15.4. The van der Waals surface area contributed by atoms with Gasteiger partial charge in [0.25, 0.3) is 0 Å². The molecule has 0 amide bonds. The number of hydrogen-bond donors (Lipinski definition) is 0.